The number of Topliss-reactive ketones (excluding diaryl/α,β-unsaturated/α-hetero) is 1. The molecule has 8 nitrogen and oxygen atoms in total. The minimum Gasteiger partial charge on any atom is -0.361 e. The number of ketones is 1. The van der Waals surface area contributed by atoms with Gasteiger partial charge in [0.05, 0.1) is 12.3 Å². The van der Waals surface area contributed by atoms with Gasteiger partial charge in [0, 0.05) is 36.9 Å². The van der Waals surface area contributed by atoms with Gasteiger partial charge < -0.3 is 21.0 Å². The predicted octanol–water partition coefficient (Wildman–Crippen LogP) is 1.59. The van der Waals surface area contributed by atoms with Crippen molar-refractivity contribution in [3.05, 3.63) is 36.0 Å². The molecule has 0 fully saturated rings. The number of hydrogen-bond acceptors (Lipinski definition) is 6. The number of amides is 2. The lowest BCUT2D eigenvalue weighted by molar-refractivity contribution is -0.129. The third kappa shape index (κ3) is 6.28. The van der Waals surface area contributed by atoms with E-state index >= 15 is 0 Å². The number of H-pyrrole nitrogens is 1. The molecule has 0 aliphatic carbocycles. The first kappa shape index (κ1) is 22.4. The number of nitrogens with one attached hydrogen (secondary N) is 4. The Hall–Kier alpha value is -2.94. The van der Waals surface area contributed by atoms with Crippen molar-refractivity contribution in [1.29, 1.82) is 5.41 Å². The lowest BCUT2D eigenvalue weighted by Gasteiger charge is -2.22. The van der Waals surface area contributed by atoms with Crippen LogP contribution in [-0.4, -0.2) is 52.3 Å². The molecule has 1 unspecified atom stereocenters. The van der Waals surface area contributed by atoms with Gasteiger partial charge in [-0.05, 0) is 24.3 Å². The summed E-state index contributed by atoms with van der Waals surface area (Å²) in [4.78, 5) is 51.2. The molecule has 154 valence electrons. The molecule has 0 radical (unpaired) electrons. The minimum atomic E-state index is -0.874. The van der Waals surface area contributed by atoms with E-state index in [9.17, 15) is 19.2 Å². The van der Waals surface area contributed by atoms with E-state index in [0.717, 1.165) is 28.2 Å². The van der Waals surface area contributed by atoms with Crippen molar-refractivity contribution in [3.8, 4) is 0 Å². The van der Waals surface area contributed by atoms with E-state index in [1.165, 1.54) is 6.92 Å². The Bertz CT molecular complexity index is 924. The number of thioether (sulfide) groups is 1. The fourth-order valence-electron chi connectivity index (χ4n) is 3.00. The first-order valence-electron chi connectivity index (χ1n) is 9.09. The second kappa shape index (κ2) is 10.6. The van der Waals surface area contributed by atoms with Gasteiger partial charge >= 0.3 is 0 Å². The highest BCUT2D eigenvalue weighted by molar-refractivity contribution is 8.13. The van der Waals surface area contributed by atoms with Crippen molar-refractivity contribution in [2.45, 2.75) is 38.3 Å². The number of rotatable bonds is 10. The van der Waals surface area contributed by atoms with Crippen LogP contribution in [0.3, 0.4) is 0 Å². The molecule has 4 N–H and O–H groups in total. The Morgan fingerprint density at radius 3 is 2.55 bits per heavy atom. The average Bonchev–Trinajstić information content (AvgIpc) is 3.12. The number of carbonyl (C=O) groups is 4. The van der Waals surface area contributed by atoms with E-state index < -0.39 is 23.8 Å². The summed E-state index contributed by atoms with van der Waals surface area (Å²) >= 11 is 0.953. The van der Waals surface area contributed by atoms with E-state index in [1.54, 1.807) is 12.5 Å². The average molecular weight is 417 g/mol. The maximum absolute atomic E-state index is 12.9. The lowest BCUT2D eigenvalue weighted by Crippen LogP contribution is -2.51. The van der Waals surface area contributed by atoms with Crippen LogP contribution >= 0.6 is 11.8 Å². The largest absolute Gasteiger partial charge is 0.361 e. The zero-order valence-electron chi connectivity index (χ0n) is 16.3. The standard InChI is InChI=1S/C20H24N4O4S/c1-12(25)23-18(9-13-11-22-16-6-4-3-5-15(13)16)19(27)24-17(20(28)29-2)8-7-14(26)10-21/h3-6,10-11,17-18,21-22H,7-9H2,1-2H3,(H,23,25)(H,24,27)/t17-,18?/m0/s1. The predicted molar refractivity (Wildman–Crippen MR) is 113 cm³/mol. The molecule has 29 heavy (non-hydrogen) atoms. The quantitative estimate of drug-likeness (QED) is 0.437. The van der Waals surface area contributed by atoms with Crippen LogP contribution in [0.2, 0.25) is 0 Å². The van der Waals surface area contributed by atoms with Crippen LogP contribution in [0, 0.1) is 5.41 Å². The summed E-state index contributed by atoms with van der Waals surface area (Å²) in [6.45, 7) is 1.32. The smallest absolute Gasteiger partial charge is 0.243 e. The van der Waals surface area contributed by atoms with Gasteiger partial charge in [-0.25, -0.2) is 0 Å². The van der Waals surface area contributed by atoms with Crippen molar-refractivity contribution in [3.63, 3.8) is 0 Å². The SMILES string of the molecule is CSC(=O)[C@H](CCC(=O)C=N)NC(=O)C(Cc1c[nH]c2ccccc12)NC(C)=O. The van der Waals surface area contributed by atoms with Crippen LogP contribution in [0.15, 0.2) is 30.5 Å². The topological polar surface area (TPSA) is 132 Å². The maximum atomic E-state index is 12.9. The lowest BCUT2D eigenvalue weighted by atomic mass is 10.0. The first-order chi connectivity index (χ1) is 13.8. The van der Waals surface area contributed by atoms with E-state index in [-0.39, 0.29) is 30.3 Å². The molecule has 1 aromatic heterocycles. The molecule has 2 amide bonds. The highest BCUT2D eigenvalue weighted by atomic mass is 32.2. The van der Waals surface area contributed by atoms with Crippen molar-refractivity contribution < 1.29 is 19.2 Å². The van der Waals surface area contributed by atoms with Crippen molar-refractivity contribution in [2.75, 3.05) is 6.26 Å². The summed E-state index contributed by atoms with van der Waals surface area (Å²) in [6.07, 6.45) is 4.40. The van der Waals surface area contributed by atoms with Crippen LogP contribution < -0.4 is 10.6 Å². The second-order valence-corrected chi connectivity index (χ2v) is 7.36. The number of para-hydroxylation sites is 1. The molecular weight excluding hydrogens is 392 g/mol. The molecule has 0 saturated carbocycles. The molecule has 0 spiro atoms. The molecule has 2 rings (SSSR count). The first-order valence-corrected chi connectivity index (χ1v) is 10.3. The Morgan fingerprint density at radius 2 is 1.90 bits per heavy atom. The molecule has 2 atom stereocenters. The molecule has 2 aromatic rings. The summed E-state index contributed by atoms with van der Waals surface area (Å²) in [5.74, 6) is -1.28. The Labute approximate surface area is 172 Å². The van der Waals surface area contributed by atoms with Crippen LogP contribution in [0.25, 0.3) is 10.9 Å². The Balaban J connectivity index is 2.17. The zero-order chi connectivity index (χ0) is 21.4. The fourth-order valence-corrected chi connectivity index (χ4v) is 3.46. The highest BCUT2D eigenvalue weighted by Crippen LogP contribution is 2.19. The fraction of sp³-hybridized carbons (Fsp3) is 0.350. The number of benzene rings is 1. The third-order valence-corrected chi connectivity index (χ3v) is 5.12. The molecule has 9 heteroatoms. The highest BCUT2D eigenvalue weighted by Gasteiger charge is 2.27. The van der Waals surface area contributed by atoms with Gasteiger partial charge in [0.1, 0.15) is 6.04 Å². The molecular formula is C20H24N4O4S. The Kier molecular flexibility index (Phi) is 8.14. The van der Waals surface area contributed by atoms with Gasteiger partial charge in [-0.15, -0.1) is 0 Å². The summed E-state index contributed by atoms with van der Waals surface area (Å²) in [7, 11) is 0. The molecule has 0 aliphatic rings. The van der Waals surface area contributed by atoms with Gasteiger partial charge in [-0.3, -0.25) is 19.2 Å². The third-order valence-electron chi connectivity index (χ3n) is 4.44. The summed E-state index contributed by atoms with van der Waals surface area (Å²) in [5.41, 5.74) is 1.78. The summed E-state index contributed by atoms with van der Waals surface area (Å²) < 4.78 is 0. The monoisotopic (exact) mass is 416 g/mol. The molecule has 1 aromatic carbocycles. The molecule has 1 heterocycles. The van der Waals surface area contributed by atoms with Crippen LogP contribution in [0.5, 0.6) is 0 Å². The summed E-state index contributed by atoms with van der Waals surface area (Å²) in [5, 5.41) is 12.9. The van der Waals surface area contributed by atoms with Gasteiger partial charge in [-0.2, -0.15) is 0 Å². The van der Waals surface area contributed by atoms with Crippen LogP contribution in [0.4, 0.5) is 0 Å². The van der Waals surface area contributed by atoms with Gasteiger partial charge in [0.15, 0.2) is 5.78 Å². The van der Waals surface area contributed by atoms with E-state index in [4.69, 9.17) is 5.41 Å². The Morgan fingerprint density at radius 1 is 1.17 bits per heavy atom. The second-order valence-electron chi connectivity index (χ2n) is 6.55. The number of aromatic nitrogens is 1. The maximum Gasteiger partial charge on any atom is 0.243 e. The van der Waals surface area contributed by atoms with Gasteiger partial charge in [-0.1, -0.05) is 30.0 Å². The normalized spacial score (nSPS) is 12.8. The van der Waals surface area contributed by atoms with Crippen LogP contribution in [0.1, 0.15) is 25.3 Å². The number of carbonyl (C=O) groups excluding carboxylic acids is 4. The molecule has 0 saturated heterocycles. The van der Waals surface area contributed by atoms with E-state index in [0.29, 0.717) is 6.21 Å². The number of hydrogen-bond donors (Lipinski definition) is 4. The van der Waals surface area contributed by atoms with Gasteiger partial charge in [0.25, 0.3) is 0 Å². The van der Waals surface area contributed by atoms with Crippen LogP contribution in [-0.2, 0) is 25.6 Å². The summed E-state index contributed by atoms with van der Waals surface area (Å²) in [6, 6.07) is 5.88. The number of fused-ring (bicyclic) bond motifs is 1. The van der Waals surface area contributed by atoms with E-state index in [2.05, 4.69) is 15.6 Å². The van der Waals surface area contributed by atoms with Gasteiger partial charge in [0.2, 0.25) is 16.9 Å². The number of aromatic amines is 1. The van der Waals surface area contributed by atoms with E-state index in [1.807, 2.05) is 24.3 Å². The molecule has 0 bridgehead atoms. The molecule has 0 aliphatic heterocycles. The van der Waals surface area contributed by atoms with Crippen molar-refractivity contribution >= 4 is 51.6 Å². The minimum absolute atomic E-state index is 0.0198. The van der Waals surface area contributed by atoms with Crippen molar-refractivity contribution in [1.82, 2.24) is 15.6 Å². The zero-order valence-corrected chi connectivity index (χ0v) is 17.1. The van der Waals surface area contributed by atoms with Crippen molar-refractivity contribution in [2.24, 2.45) is 0 Å².